The van der Waals surface area contributed by atoms with Crippen LogP contribution in [-0.4, -0.2) is 0 Å². The number of hydrogen-bond acceptors (Lipinski definition) is 0. The maximum Gasteiger partial charge on any atom is 0.213 e. The van der Waals surface area contributed by atoms with Gasteiger partial charge in [-0.15, -0.1) is 0 Å². The van der Waals surface area contributed by atoms with Gasteiger partial charge in [-0.3, -0.25) is 0 Å². The van der Waals surface area contributed by atoms with Crippen molar-refractivity contribution in [2.24, 2.45) is 7.05 Å². The second-order valence-corrected chi connectivity index (χ2v) is 9.75. The summed E-state index contributed by atoms with van der Waals surface area (Å²) in [4.78, 5) is 0. The van der Waals surface area contributed by atoms with E-state index in [1.165, 1.54) is 61.0 Å². The maximum atomic E-state index is 2.37. The normalized spacial score (nSPS) is 11.4. The molecular formula is C33H32N+. The molecule has 34 heavy (non-hydrogen) atoms. The molecule has 0 aliphatic rings. The molecule has 0 bridgehead atoms. The minimum Gasteiger partial charge on any atom is -0.201 e. The van der Waals surface area contributed by atoms with E-state index >= 15 is 0 Å². The topological polar surface area (TPSA) is 3.88 Å². The van der Waals surface area contributed by atoms with Gasteiger partial charge in [-0.2, -0.15) is 0 Å². The van der Waals surface area contributed by atoms with Crippen LogP contribution in [0.3, 0.4) is 0 Å². The lowest BCUT2D eigenvalue weighted by molar-refractivity contribution is -0.660. The van der Waals surface area contributed by atoms with E-state index in [2.05, 4.69) is 137 Å². The van der Waals surface area contributed by atoms with Crippen molar-refractivity contribution in [3.63, 3.8) is 0 Å². The first-order valence-corrected chi connectivity index (χ1v) is 12.1. The Morgan fingerprint density at radius 1 is 0.618 bits per heavy atom. The maximum absolute atomic E-state index is 2.37. The van der Waals surface area contributed by atoms with Crippen molar-refractivity contribution in [3.05, 3.63) is 114 Å². The molecule has 0 fully saturated rings. The van der Waals surface area contributed by atoms with Crippen LogP contribution in [0.15, 0.2) is 97.2 Å². The first-order valence-electron chi connectivity index (χ1n) is 12.1. The minimum absolute atomic E-state index is 0.437. The lowest BCUT2D eigenvalue weighted by Crippen LogP contribution is -2.32. The summed E-state index contributed by atoms with van der Waals surface area (Å²) in [5, 5.41) is 2.54. The molecule has 0 aliphatic heterocycles. The summed E-state index contributed by atoms with van der Waals surface area (Å²) < 4.78 is 2.27. The van der Waals surface area contributed by atoms with Gasteiger partial charge in [0.05, 0.1) is 0 Å². The summed E-state index contributed by atoms with van der Waals surface area (Å²) in [6.07, 6.45) is 2.31. The fourth-order valence-corrected chi connectivity index (χ4v) is 4.85. The SMILES string of the molecule is Cc1ccc(-c2ccc3cc(-c4cc(-c5ccccc5C)[n+](C)cc4C(C)C)ccc3c2)cc1. The Labute approximate surface area is 203 Å². The number of rotatable bonds is 4. The van der Waals surface area contributed by atoms with E-state index in [1.807, 2.05) is 0 Å². The van der Waals surface area contributed by atoms with Crippen molar-refractivity contribution in [3.8, 4) is 33.5 Å². The van der Waals surface area contributed by atoms with Crippen molar-refractivity contribution in [2.45, 2.75) is 33.6 Å². The van der Waals surface area contributed by atoms with Gasteiger partial charge in [-0.1, -0.05) is 86.1 Å². The predicted octanol–water partition coefficient (Wildman–Crippen LogP) is 8.41. The van der Waals surface area contributed by atoms with Crippen LogP contribution in [0.2, 0.25) is 0 Å². The van der Waals surface area contributed by atoms with Gasteiger partial charge < -0.3 is 0 Å². The highest BCUT2D eigenvalue weighted by Gasteiger charge is 2.20. The molecule has 4 aromatic carbocycles. The minimum atomic E-state index is 0.437. The number of aryl methyl sites for hydroxylation is 3. The zero-order valence-electron chi connectivity index (χ0n) is 20.8. The monoisotopic (exact) mass is 442 g/mol. The Morgan fingerprint density at radius 3 is 1.91 bits per heavy atom. The molecule has 0 atom stereocenters. The summed E-state index contributed by atoms with van der Waals surface area (Å²) in [6, 6.07) is 33.5. The van der Waals surface area contributed by atoms with Crippen molar-refractivity contribution in [2.75, 3.05) is 0 Å². The summed E-state index contributed by atoms with van der Waals surface area (Å²) in [5.41, 5.74) is 11.6. The molecule has 0 N–H and O–H groups in total. The number of aromatic nitrogens is 1. The molecule has 168 valence electrons. The first-order chi connectivity index (χ1) is 16.4. The van der Waals surface area contributed by atoms with E-state index in [1.54, 1.807) is 0 Å². The van der Waals surface area contributed by atoms with Crippen LogP contribution < -0.4 is 4.57 Å². The van der Waals surface area contributed by atoms with Gasteiger partial charge in [-0.05, 0) is 76.6 Å². The molecule has 1 heteroatoms. The van der Waals surface area contributed by atoms with Crippen molar-refractivity contribution in [1.29, 1.82) is 0 Å². The molecule has 0 saturated carbocycles. The fourth-order valence-electron chi connectivity index (χ4n) is 4.85. The van der Waals surface area contributed by atoms with Crippen molar-refractivity contribution >= 4 is 10.8 Å². The van der Waals surface area contributed by atoms with E-state index in [0.717, 1.165) is 0 Å². The van der Waals surface area contributed by atoms with E-state index in [9.17, 15) is 0 Å². The Kier molecular flexibility index (Phi) is 5.79. The van der Waals surface area contributed by atoms with Crippen LogP contribution in [0.1, 0.15) is 36.5 Å². The number of fused-ring (bicyclic) bond motifs is 1. The summed E-state index contributed by atoms with van der Waals surface area (Å²) in [6.45, 7) is 8.88. The average molecular weight is 443 g/mol. The zero-order chi connectivity index (χ0) is 23.8. The lowest BCUT2D eigenvalue weighted by Gasteiger charge is -2.15. The molecule has 1 heterocycles. The molecule has 0 spiro atoms. The number of pyridine rings is 1. The number of nitrogens with zero attached hydrogens (tertiary/aromatic N) is 1. The quantitative estimate of drug-likeness (QED) is 0.246. The highest BCUT2D eigenvalue weighted by atomic mass is 14.9. The Hall–Kier alpha value is -3.71. The van der Waals surface area contributed by atoms with Crippen LogP contribution in [-0.2, 0) is 7.05 Å². The molecular weight excluding hydrogens is 410 g/mol. The molecule has 1 nitrogen and oxygen atoms in total. The number of hydrogen-bond donors (Lipinski definition) is 0. The van der Waals surface area contributed by atoms with E-state index < -0.39 is 0 Å². The second-order valence-electron chi connectivity index (χ2n) is 9.75. The zero-order valence-corrected chi connectivity index (χ0v) is 20.8. The summed E-state index contributed by atoms with van der Waals surface area (Å²) >= 11 is 0. The lowest BCUT2D eigenvalue weighted by atomic mass is 9.90. The smallest absolute Gasteiger partial charge is 0.201 e. The van der Waals surface area contributed by atoms with Gasteiger partial charge in [0.15, 0.2) is 6.20 Å². The third-order valence-electron chi connectivity index (χ3n) is 6.88. The predicted molar refractivity (Wildman–Crippen MR) is 145 cm³/mol. The van der Waals surface area contributed by atoms with E-state index in [0.29, 0.717) is 5.92 Å². The molecule has 0 aliphatic carbocycles. The van der Waals surface area contributed by atoms with Crippen molar-refractivity contribution < 1.29 is 4.57 Å². The highest BCUT2D eigenvalue weighted by Crippen LogP contribution is 2.34. The first kappa shape index (κ1) is 22.1. The third kappa shape index (κ3) is 4.15. The summed E-state index contributed by atoms with van der Waals surface area (Å²) in [5.74, 6) is 0.437. The average Bonchev–Trinajstić information content (AvgIpc) is 2.84. The molecule has 0 amide bonds. The van der Waals surface area contributed by atoms with Crippen LogP contribution in [0, 0.1) is 13.8 Å². The van der Waals surface area contributed by atoms with Crippen LogP contribution >= 0.6 is 0 Å². The van der Waals surface area contributed by atoms with Crippen LogP contribution in [0.4, 0.5) is 0 Å². The van der Waals surface area contributed by atoms with Crippen LogP contribution in [0.5, 0.6) is 0 Å². The second kappa shape index (κ2) is 8.91. The van der Waals surface area contributed by atoms with Gasteiger partial charge in [0.2, 0.25) is 5.69 Å². The Bertz CT molecular complexity index is 1490. The van der Waals surface area contributed by atoms with E-state index in [-0.39, 0.29) is 0 Å². The standard InChI is InChI=1S/C33H32N/c1-22(2)32-21-34(5)33(30-9-7-6-8-24(30)4)20-31(32)29-17-16-27-18-26(14-15-28(27)19-29)25-12-10-23(3)11-13-25/h6-22H,1-5H3/q+1. The number of benzene rings is 4. The van der Waals surface area contributed by atoms with Gasteiger partial charge in [0, 0.05) is 17.2 Å². The highest BCUT2D eigenvalue weighted by molar-refractivity contribution is 5.91. The summed E-state index contributed by atoms with van der Waals surface area (Å²) in [7, 11) is 2.16. The Balaban J connectivity index is 1.63. The third-order valence-corrected chi connectivity index (χ3v) is 6.88. The molecule has 0 radical (unpaired) electrons. The fraction of sp³-hybridized carbons (Fsp3) is 0.182. The molecule has 5 rings (SSSR count). The van der Waals surface area contributed by atoms with Crippen LogP contribution in [0.25, 0.3) is 44.3 Å². The van der Waals surface area contributed by atoms with Gasteiger partial charge in [0.1, 0.15) is 7.05 Å². The van der Waals surface area contributed by atoms with Crippen molar-refractivity contribution in [1.82, 2.24) is 0 Å². The molecule has 0 unspecified atom stereocenters. The largest absolute Gasteiger partial charge is 0.213 e. The molecule has 5 aromatic rings. The van der Waals surface area contributed by atoms with E-state index in [4.69, 9.17) is 0 Å². The molecule has 1 aromatic heterocycles. The van der Waals surface area contributed by atoms with Gasteiger partial charge in [-0.25, -0.2) is 4.57 Å². The van der Waals surface area contributed by atoms with Gasteiger partial charge >= 0.3 is 0 Å². The van der Waals surface area contributed by atoms with Gasteiger partial charge in [0.25, 0.3) is 0 Å². The molecule has 0 saturated heterocycles. The Morgan fingerprint density at radius 2 is 1.24 bits per heavy atom.